The Morgan fingerprint density at radius 3 is 2.64 bits per heavy atom. The van der Waals surface area contributed by atoms with E-state index >= 15 is 0 Å². The number of hydrogen-bond donors (Lipinski definition) is 0. The first kappa shape index (κ1) is 10.3. The molecule has 0 rings (SSSR count). The fourth-order valence-electron chi connectivity index (χ4n) is 0.901. The first-order valence-corrected chi connectivity index (χ1v) is 4.11. The predicted molar refractivity (Wildman–Crippen MR) is 47.5 cm³/mol. The lowest BCUT2D eigenvalue weighted by molar-refractivity contribution is 0.643. The number of nitrogens with zero attached hydrogens (tertiary/aromatic N) is 1. The number of unbranched alkanes of at least 4 members (excludes halogenated alkanes) is 3. The van der Waals surface area contributed by atoms with Crippen LogP contribution in [0.2, 0.25) is 0 Å². The molecule has 0 aromatic carbocycles. The van der Waals surface area contributed by atoms with Gasteiger partial charge < -0.3 is 0 Å². The molecule has 0 saturated carbocycles. The van der Waals surface area contributed by atoms with Gasteiger partial charge in [0, 0.05) is 0 Å². The third-order valence-corrected chi connectivity index (χ3v) is 1.62. The molecule has 0 aromatic heterocycles. The summed E-state index contributed by atoms with van der Waals surface area (Å²) in [7, 11) is 0. The fourth-order valence-corrected chi connectivity index (χ4v) is 0.901. The van der Waals surface area contributed by atoms with Gasteiger partial charge in [0.2, 0.25) is 0 Å². The van der Waals surface area contributed by atoms with Gasteiger partial charge in [-0.2, -0.15) is 0 Å². The van der Waals surface area contributed by atoms with Crippen LogP contribution in [-0.2, 0) is 0 Å². The van der Waals surface area contributed by atoms with Crippen molar-refractivity contribution in [1.29, 1.82) is 0 Å². The molecule has 0 saturated heterocycles. The van der Waals surface area contributed by atoms with Crippen LogP contribution in [0, 0.1) is 0 Å². The van der Waals surface area contributed by atoms with Gasteiger partial charge in [-0.05, 0) is 19.6 Å². The minimum Gasteiger partial charge on any atom is -0.267 e. The Hall–Kier alpha value is -0.660. The molecule has 0 aliphatic carbocycles. The lowest BCUT2D eigenvalue weighted by atomic mass is 10.1. The van der Waals surface area contributed by atoms with E-state index in [1.165, 1.54) is 12.8 Å². The van der Waals surface area contributed by atoms with E-state index in [-0.39, 0.29) is 0 Å². The summed E-state index contributed by atoms with van der Waals surface area (Å²) in [6.07, 6.45) is 5.86. The molecule has 2 heteroatoms. The minimum absolute atomic E-state index is 0.473. The zero-order valence-electron chi connectivity index (χ0n) is 7.15. The maximum absolute atomic E-state index is 11.9. The summed E-state index contributed by atoms with van der Waals surface area (Å²) in [6.45, 7) is 5.42. The highest BCUT2D eigenvalue weighted by Gasteiger charge is 1.92. The van der Waals surface area contributed by atoms with Crippen molar-refractivity contribution in [3.63, 3.8) is 0 Å². The van der Waals surface area contributed by atoms with Gasteiger partial charge in [-0.15, -0.1) is 0 Å². The fraction of sp³-hybridized carbons (Fsp3) is 0.667. The predicted octanol–water partition coefficient (Wildman–Crippen LogP) is 3.47. The van der Waals surface area contributed by atoms with Crippen molar-refractivity contribution in [1.82, 2.24) is 0 Å². The smallest absolute Gasteiger partial charge is 0.108 e. The van der Waals surface area contributed by atoms with Gasteiger partial charge in [0.1, 0.15) is 6.33 Å². The second kappa shape index (κ2) is 7.45. The molecule has 0 bridgehead atoms. The van der Waals surface area contributed by atoms with E-state index in [1.54, 1.807) is 0 Å². The second-order valence-electron chi connectivity index (χ2n) is 2.57. The van der Waals surface area contributed by atoms with Crippen LogP contribution in [0.5, 0.6) is 0 Å². The highest BCUT2D eigenvalue weighted by molar-refractivity contribution is 5.28. The number of rotatable bonds is 6. The summed E-state index contributed by atoms with van der Waals surface area (Å²) >= 11 is 0. The van der Waals surface area contributed by atoms with Crippen molar-refractivity contribution in [3.8, 4) is 0 Å². The molecule has 64 valence electrons. The third-order valence-electron chi connectivity index (χ3n) is 1.62. The van der Waals surface area contributed by atoms with Crippen molar-refractivity contribution >= 4 is 6.72 Å². The van der Waals surface area contributed by atoms with Crippen molar-refractivity contribution in [2.45, 2.75) is 39.0 Å². The Labute approximate surface area is 68.0 Å². The minimum atomic E-state index is 0.473. The molecule has 0 heterocycles. The Balaban J connectivity index is 3.29. The molecule has 0 aromatic rings. The molecule has 0 aliphatic rings. The van der Waals surface area contributed by atoms with Gasteiger partial charge in [-0.25, -0.2) is 4.39 Å². The Bertz CT molecular complexity index is 130. The molecule has 0 fully saturated rings. The summed E-state index contributed by atoms with van der Waals surface area (Å²) in [4.78, 5) is 3.54. The Kier molecular flexibility index (Phi) is 7.00. The number of hydrogen-bond acceptors (Lipinski definition) is 1. The lowest BCUT2D eigenvalue weighted by Gasteiger charge is -1.97. The van der Waals surface area contributed by atoms with Gasteiger partial charge in [-0.3, -0.25) is 4.99 Å². The maximum Gasteiger partial charge on any atom is 0.108 e. The third kappa shape index (κ3) is 5.77. The van der Waals surface area contributed by atoms with Gasteiger partial charge in [0.15, 0.2) is 0 Å². The molecule has 0 radical (unpaired) electrons. The quantitative estimate of drug-likeness (QED) is 0.413. The van der Waals surface area contributed by atoms with Crippen LogP contribution in [0.15, 0.2) is 17.0 Å². The summed E-state index contributed by atoms with van der Waals surface area (Å²) in [5.74, 6) is 0. The molecular weight excluding hydrogens is 141 g/mol. The van der Waals surface area contributed by atoms with Gasteiger partial charge in [-0.1, -0.05) is 26.2 Å². The molecule has 0 aliphatic heterocycles. The highest BCUT2D eigenvalue weighted by Crippen LogP contribution is 2.10. The van der Waals surface area contributed by atoms with Gasteiger partial charge >= 0.3 is 0 Å². The van der Waals surface area contributed by atoms with Crippen LogP contribution in [0.4, 0.5) is 4.39 Å². The highest BCUT2D eigenvalue weighted by atomic mass is 19.1. The van der Waals surface area contributed by atoms with Crippen LogP contribution >= 0.6 is 0 Å². The molecule has 0 unspecified atom stereocenters. The summed E-state index contributed by atoms with van der Waals surface area (Å²) in [6, 6.07) is 0. The number of allylic oxidation sites excluding steroid dienone is 1. The van der Waals surface area contributed by atoms with Crippen molar-refractivity contribution in [2.24, 2.45) is 4.99 Å². The summed E-state index contributed by atoms with van der Waals surface area (Å²) in [5.41, 5.74) is 0.473. The normalized spacial score (nSPS) is 11.6. The van der Waals surface area contributed by atoms with E-state index in [2.05, 4.69) is 18.6 Å². The number of halogens is 1. The lowest BCUT2D eigenvalue weighted by Crippen LogP contribution is -1.79. The monoisotopic (exact) mass is 157 g/mol. The first-order valence-electron chi connectivity index (χ1n) is 4.11. The van der Waals surface area contributed by atoms with Crippen LogP contribution in [-0.4, -0.2) is 6.72 Å². The van der Waals surface area contributed by atoms with E-state index in [0.717, 1.165) is 19.3 Å². The Morgan fingerprint density at radius 1 is 1.45 bits per heavy atom. The SMILES string of the molecule is C=N/C(=C\F)CCCCCC. The maximum atomic E-state index is 11.9. The molecule has 11 heavy (non-hydrogen) atoms. The van der Waals surface area contributed by atoms with E-state index in [9.17, 15) is 4.39 Å². The van der Waals surface area contributed by atoms with Crippen LogP contribution in [0.1, 0.15) is 39.0 Å². The first-order chi connectivity index (χ1) is 5.35. The van der Waals surface area contributed by atoms with Crippen molar-refractivity contribution < 1.29 is 4.39 Å². The molecule has 1 nitrogen and oxygen atoms in total. The molecule has 0 atom stereocenters. The van der Waals surface area contributed by atoms with Crippen LogP contribution in [0.25, 0.3) is 0 Å². The zero-order valence-corrected chi connectivity index (χ0v) is 7.15. The largest absolute Gasteiger partial charge is 0.267 e. The topological polar surface area (TPSA) is 12.4 Å². The molecule has 0 spiro atoms. The van der Waals surface area contributed by atoms with Crippen LogP contribution < -0.4 is 0 Å². The van der Waals surface area contributed by atoms with Gasteiger partial charge in [0.25, 0.3) is 0 Å². The van der Waals surface area contributed by atoms with Crippen molar-refractivity contribution in [2.75, 3.05) is 0 Å². The average Bonchev–Trinajstić information content (AvgIpc) is 2.05. The van der Waals surface area contributed by atoms with Gasteiger partial charge in [0.05, 0.1) is 5.70 Å². The molecule has 0 amide bonds. The average molecular weight is 157 g/mol. The Morgan fingerprint density at radius 2 is 2.18 bits per heavy atom. The summed E-state index contributed by atoms with van der Waals surface area (Å²) in [5, 5.41) is 0. The number of aliphatic imine (C=N–C) groups is 1. The van der Waals surface area contributed by atoms with Crippen molar-refractivity contribution in [3.05, 3.63) is 12.0 Å². The molecule has 0 N–H and O–H groups in total. The second-order valence-corrected chi connectivity index (χ2v) is 2.57. The van der Waals surface area contributed by atoms with E-state index in [4.69, 9.17) is 0 Å². The summed E-state index contributed by atoms with van der Waals surface area (Å²) < 4.78 is 11.9. The van der Waals surface area contributed by atoms with E-state index in [0.29, 0.717) is 12.0 Å². The van der Waals surface area contributed by atoms with Crippen LogP contribution in [0.3, 0.4) is 0 Å². The molecular formula is C9H16FN. The van der Waals surface area contributed by atoms with E-state index in [1.807, 2.05) is 0 Å². The van der Waals surface area contributed by atoms with E-state index < -0.39 is 0 Å². The zero-order chi connectivity index (χ0) is 8.53. The standard InChI is InChI=1S/C9H16FN/c1-3-4-5-6-7-9(8-10)11-2/h8H,2-7H2,1H3/b9-8-.